The molecule has 0 saturated heterocycles. The molecule has 5 nitrogen and oxygen atoms in total. The first-order valence-electron chi connectivity index (χ1n) is 8.71. The van der Waals surface area contributed by atoms with Crippen molar-refractivity contribution in [3.63, 3.8) is 0 Å². The van der Waals surface area contributed by atoms with Gasteiger partial charge in [0.2, 0.25) is 5.95 Å². The predicted octanol–water partition coefficient (Wildman–Crippen LogP) is 4.08. The van der Waals surface area contributed by atoms with E-state index < -0.39 is 0 Å². The highest BCUT2D eigenvalue weighted by molar-refractivity contribution is 7.19. The Hall–Kier alpha value is -2.47. The molecule has 1 aliphatic carbocycles. The summed E-state index contributed by atoms with van der Waals surface area (Å²) in [7, 11) is 0. The van der Waals surface area contributed by atoms with Crippen LogP contribution in [0.2, 0.25) is 0 Å². The number of benzene rings is 1. The van der Waals surface area contributed by atoms with E-state index in [1.165, 1.54) is 27.8 Å². The number of aryl methyl sites for hydroxylation is 1. The first kappa shape index (κ1) is 14.8. The first-order chi connectivity index (χ1) is 12.3. The third-order valence-electron chi connectivity index (χ3n) is 4.96. The highest BCUT2D eigenvalue weighted by atomic mass is 32.1. The van der Waals surface area contributed by atoms with E-state index in [1.54, 1.807) is 6.33 Å². The summed E-state index contributed by atoms with van der Waals surface area (Å²) in [5, 5.41) is 9.04. The van der Waals surface area contributed by atoms with Gasteiger partial charge in [0.05, 0.1) is 5.39 Å². The first-order valence-corrected chi connectivity index (χ1v) is 9.53. The van der Waals surface area contributed by atoms with Crippen molar-refractivity contribution in [3.05, 3.63) is 52.7 Å². The van der Waals surface area contributed by atoms with Gasteiger partial charge in [-0.05, 0) is 36.3 Å². The lowest BCUT2D eigenvalue weighted by Gasteiger charge is -2.17. The molecule has 1 atom stereocenters. The number of nitrogens with zero attached hydrogens (tertiary/aromatic N) is 4. The topological polar surface area (TPSA) is 55.1 Å². The monoisotopic (exact) mass is 349 g/mol. The van der Waals surface area contributed by atoms with E-state index in [1.807, 2.05) is 34.1 Å². The largest absolute Gasteiger partial charge is 0.350 e. The number of anilines is 1. The van der Waals surface area contributed by atoms with Gasteiger partial charge in [0.25, 0.3) is 0 Å². The molecule has 0 aliphatic heterocycles. The van der Waals surface area contributed by atoms with Crippen LogP contribution >= 0.6 is 11.3 Å². The Morgan fingerprint density at radius 3 is 3.04 bits per heavy atom. The Kier molecular flexibility index (Phi) is 3.45. The van der Waals surface area contributed by atoms with Gasteiger partial charge in [-0.3, -0.25) is 0 Å². The van der Waals surface area contributed by atoms with Gasteiger partial charge in [-0.15, -0.1) is 11.3 Å². The van der Waals surface area contributed by atoms with Crippen molar-refractivity contribution in [2.24, 2.45) is 5.92 Å². The maximum absolute atomic E-state index is 4.89. The summed E-state index contributed by atoms with van der Waals surface area (Å²) in [6.45, 7) is 3.05. The molecule has 0 amide bonds. The second-order valence-electron chi connectivity index (χ2n) is 6.80. The molecule has 4 aromatic rings. The van der Waals surface area contributed by atoms with Gasteiger partial charge < -0.3 is 5.32 Å². The number of hydrogen-bond acceptors (Lipinski definition) is 5. The highest BCUT2D eigenvalue weighted by Gasteiger charge is 2.24. The van der Waals surface area contributed by atoms with Crippen LogP contribution in [-0.4, -0.2) is 19.6 Å². The summed E-state index contributed by atoms with van der Waals surface area (Å²) < 4.78 is 1.84. The highest BCUT2D eigenvalue weighted by Crippen LogP contribution is 2.39. The fourth-order valence-electron chi connectivity index (χ4n) is 3.65. The molecule has 1 aromatic carbocycles. The standard InChI is InChI=1S/C19H19N5S/c1-12-7-8-15-14(9-12)16-17-21-11-22-24(17)19(23-18(16)25-15)20-10-13-5-3-2-4-6-13/h2-6,11-12H,7-10H2,1H3,(H,20,23)/t12-/m0/s1. The number of nitrogens with one attached hydrogen (secondary N) is 1. The van der Waals surface area contributed by atoms with Crippen molar-refractivity contribution >= 4 is 33.1 Å². The van der Waals surface area contributed by atoms with E-state index in [-0.39, 0.29) is 0 Å². The zero-order chi connectivity index (χ0) is 16.8. The fourth-order valence-corrected chi connectivity index (χ4v) is 4.87. The average molecular weight is 349 g/mol. The summed E-state index contributed by atoms with van der Waals surface area (Å²) >= 11 is 1.82. The predicted molar refractivity (Wildman–Crippen MR) is 101 cm³/mol. The van der Waals surface area contributed by atoms with Gasteiger partial charge in [-0.1, -0.05) is 37.3 Å². The molecule has 0 bridgehead atoms. The summed E-state index contributed by atoms with van der Waals surface area (Å²) in [5.41, 5.74) is 3.59. The van der Waals surface area contributed by atoms with Crippen LogP contribution in [0.5, 0.6) is 0 Å². The van der Waals surface area contributed by atoms with Crippen molar-refractivity contribution in [2.45, 2.75) is 32.7 Å². The molecule has 1 aliphatic rings. The Labute approximate surface area is 149 Å². The molecule has 126 valence electrons. The molecule has 0 fully saturated rings. The lowest BCUT2D eigenvalue weighted by atomic mass is 9.89. The van der Waals surface area contributed by atoms with E-state index in [0.29, 0.717) is 0 Å². The molecule has 5 rings (SSSR count). The van der Waals surface area contributed by atoms with Gasteiger partial charge in [-0.25, -0.2) is 9.97 Å². The van der Waals surface area contributed by atoms with Crippen LogP contribution in [0.3, 0.4) is 0 Å². The number of rotatable bonds is 3. The number of hydrogen-bond donors (Lipinski definition) is 1. The minimum atomic E-state index is 0.719. The summed E-state index contributed by atoms with van der Waals surface area (Å²) in [6.07, 6.45) is 5.17. The second-order valence-corrected chi connectivity index (χ2v) is 7.89. The zero-order valence-electron chi connectivity index (χ0n) is 14.1. The number of fused-ring (bicyclic) bond motifs is 5. The van der Waals surface area contributed by atoms with Gasteiger partial charge >= 0.3 is 0 Å². The van der Waals surface area contributed by atoms with E-state index >= 15 is 0 Å². The quantitative estimate of drug-likeness (QED) is 0.606. The van der Waals surface area contributed by atoms with E-state index in [9.17, 15) is 0 Å². The maximum atomic E-state index is 4.89. The molecular formula is C19H19N5S. The summed E-state index contributed by atoms with van der Waals surface area (Å²) in [4.78, 5) is 12.0. The Balaban J connectivity index is 1.61. The van der Waals surface area contributed by atoms with Crippen LogP contribution in [0.15, 0.2) is 36.7 Å². The van der Waals surface area contributed by atoms with Gasteiger partial charge in [0.1, 0.15) is 11.2 Å². The van der Waals surface area contributed by atoms with Crippen LogP contribution < -0.4 is 5.32 Å². The average Bonchev–Trinajstić information content (AvgIpc) is 3.24. The molecule has 0 unspecified atom stereocenters. The maximum Gasteiger partial charge on any atom is 0.227 e. The molecular weight excluding hydrogens is 330 g/mol. The lowest BCUT2D eigenvalue weighted by molar-refractivity contribution is 0.508. The van der Waals surface area contributed by atoms with Gasteiger partial charge in [0.15, 0.2) is 5.65 Å². The number of aromatic nitrogens is 4. The van der Waals surface area contributed by atoms with Crippen molar-refractivity contribution < 1.29 is 0 Å². The van der Waals surface area contributed by atoms with Crippen LogP contribution in [0.25, 0.3) is 15.9 Å². The van der Waals surface area contributed by atoms with Crippen LogP contribution in [0.4, 0.5) is 5.95 Å². The molecule has 3 heterocycles. The number of thiophene rings is 1. The lowest BCUT2D eigenvalue weighted by Crippen LogP contribution is -2.10. The van der Waals surface area contributed by atoms with Crippen molar-refractivity contribution in [2.75, 3.05) is 5.32 Å². The minimum absolute atomic E-state index is 0.719. The summed E-state index contributed by atoms with van der Waals surface area (Å²) in [5.74, 6) is 1.49. The molecule has 25 heavy (non-hydrogen) atoms. The van der Waals surface area contributed by atoms with E-state index in [0.717, 1.165) is 41.7 Å². The normalized spacial score (nSPS) is 17.1. The summed E-state index contributed by atoms with van der Waals surface area (Å²) in [6, 6.07) is 10.3. The molecule has 1 N–H and O–H groups in total. The molecule has 6 heteroatoms. The Morgan fingerprint density at radius 1 is 1.28 bits per heavy atom. The molecule has 0 radical (unpaired) electrons. The van der Waals surface area contributed by atoms with Crippen LogP contribution in [0, 0.1) is 5.92 Å². The van der Waals surface area contributed by atoms with Crippen molar-refractivity contribution in [1.29, 1.82) is 0 Å². The Bertz CT molecular complexity index is 1050. The van der Waals surface area contributed by atoms with Crippen molar-refractivity contribution in [3.8, 4) is 0 Å². The van der Waals surface area contributed by atoms with Crippen molar-refractivity contribution in [1.82, 2.24) is 19.6 Å². The third kappa shape index (κ3) is 2.48. The minimum Gasteiger partial charge on any atom is -0.350 e. The molecule has 3 aromatic heterocycles. The van der Waals surface area contributed by atoms with Gasteiger partial charge in [0, 0.05) is 11.4 Å². The van der Waals surface area contributed by atoms with Crippen LogP contribution in [0.1, 0.15) is 29.3 Å². The smallest absolute Gasteiger partial charge is 0.227 e. The third-order valence-corrected chi connectivity index (χ3v) is 6.15. The Morgan fingerprint density at radius 2 is 2.16 bits per heavy atom. The van der Waals surface area contributed by atoms with Gasteiger partial charge in [-0.2, -0.15) is 9.61 Å². The molecule has 0 spiro atoms. The van der Waals surface area contributed by atoms with E-state index in [2.05, 4.69) is 34.5 Å². The van der Waals surface area contributed by atoms with Crippen LogP contribution in [-0.2, 0) is 19.4 Å². The second kappa shape index (κ2) is 5.81. The van der Waals surface area contributed by atoms with E-state index in [4.69, 9.17) is 4.98 Å². The molecule has 0 saturated carbocycles. The fraction of sp³-hybridized carbons (Fsp3) is 0.316. The SMILES string of the molecule is C[C@H]1CCc2sc3nc(NCc4ccccc4)n4ncnc4c3c2C1. The zero-order valence-corrected chi connectivity index (χ0v) is 14.9.